The highest BCUT2D eigenvalue weighted by Gasteiger charge is 2.25. The molecule has 0 aliphatic heterocycles. The van der Waals surface area contributed by atoms with Crippen LogP contribution in [-0.4, -0.2) is 38.4 Å². The third kappa shape index (κ3) is 4.25. The standard InChI is InChI=1S/C13H20N4O4/c18-9-10-4-2-1-3-5-11(10)14-13(19)8-16-7-6-12(15-16)17(20)21/h6-7,10-11,18H,1-5,8-9H2,(H,14,19). The summed E-state index contributed by atoms with van der Waals surface area (Å²) in [6, 6.07) is 1.23. The van der Waals surface area contributed by atoms with Gasteiger partial charge in [-0.15, -0.1) is 0 Å². The summed E-state index contributed by atoms with van der Waals surface area (Å²) in [4.78, 5) is 22.0. The zero-order chi connectivity index (χ0) is 15.2. The molecule has 2 atom stereocenters. The molecule has 116 valence electrons. The molecule has 1 amide bonds. The Hall–Kier alpha value is -1.96. The second-order valence-corrected chi connectivity index (χ2v) is 5.38. The fourth-order valence-corrected chi connectivity index (χ4v) is 2.73. The van der Waals surface area contributed by atoms with Gasteiger partial charge in [-0.05, 0) is 17.8 Å². The van der Waals surface area contributed by atoms with Crippen LogP contribution in [0.25, 0.3) is 0 Å². The maximum Gasteiger partial charge on any atom is 0.389 e. The number of aliphatic hydroxyl groups is 1. The number of aliphatic hydroxyl groups excluding tert-OH is 1. The summed E-state index contributed by atoms with van der Waals surface area (Å²) >= 11 is 0. The molecule has 2 N–H and O–H groups in total. The van der Waals surface area contributed by atoms with Gasteiger partial charge in [-0.25, -0.2) is 0 Å². The number of rotatable bonds is 5. The lowest BCUT2D eigenvalue weighted by atomic mass is 9.95. The van der Waals surface area contributed by atoms with Crippen LogP contribution in [0.1, 0.15) is 32.1 Å². The smallest absolute Gasteiger partial charge is 0.389 e. The molecule has 2 unspecified atom stereocenters. The van der Waals surface area contributed by atoms with Crippen molar-refractivity contribution in [3.05, 3.63) is 22.4 Å². The van der Waals surface area contributed by atoms with Crippen LogP contribution in [-0.2, 0) is 11.3 Å². The van der Waals surface area contributed by atoms with Crippen LogP contribution in [0.5, 0.6) is 0 Å². The van der Waals surface area contributed by atoms with E-state index in [9.17, 15) is 20.0 Å². The molecule has 21 heavy (non-hydrogen) atoms. The Morgan fingerprint density at radius 2 is 2.24 bits per heavy atom. The van der Waals surface area contributed by atoms with Crippen LogP contribution < -0.4 is 5.32 Å². The van der Waals surface area contributed by atoms with E-state index in [4.69, 9.17) is 0 Å². The Morgan fingerprint density at radius 3 is 2.90 bits per heavy atom. The summed E-state index contributed by atoms with van der Waals surface area (Å²) in [6.45, 7) is 0.0146. The number of carbonyl (C=O) groups is 1. The first-order chi connectivity index (χ1) is 10.1. The summed E-state index contributed by atoms with van der Waals surface area (Å²) in [5.74, 6) is -0.424. The number of aromatic nitrogens is 2. The van der Waals surface area contributed by atoms with Gasteiger partial charge in [0, 0.05) is 18.6 Å². The lowest BCUT2D eigenvalue weighted by molar-refractivity contribution is -0.389. The van der Waals surface area contributed by atoms with E-state index in [1.165, 1.54) is 16.9 Å². The summed E-state index contributed by atoms with van der Waals surface area (Å²) < 4.78 is 1.25. The molecule has 1 aliphatic carbocycles. The number of hydrogen-bond acceptors (Lipinski definition) is 5. The van der Waals surface area contributed by atoms with E-state index in [1.807, 2.05) is 0 Å². The number of hydrogen-bond donors (Lipinski definition) is 2. The number of nitrogens with one attached hydrogen (secondary N) is 1. The van der Waals surface area contributed by atoms with E-state index in [1.54, 1.807) is 0 Å². The lowest BCUT2D eigenvalue weighted by Crippen LogP contribution is -2.42. The molecule has 1 aliphatic rings. The quantitative estimate of drug-likeness (QED) is 0.475. The molecule has 0 radical (unpaired) electrons. The lowest BCUT2D eigenvalue weighted by Gasteiger charge is -2.24. The SMILES string of the molecule is O=C(Cn1ccc([N+](=O)[O-])n1)NC1CCCCCC1CO. The van der Waals surface area contributed by atoms with Gasteiger partial charge in [-0.2, -0.15) is 4.68 Å². The highest BCUT2D eigenvalue weighted by atomic mass is 16.6. The highest BCUT2D eigenvalue weighted by Crippen LogP contribution is 2.23. The number of nitro groups is 1. The largest absolute Gasteiger partial charge is 0.396 e. The van der Waals surface area contributed by atoms with Gasteiger partial charge in [0.2, 0.25) is 5.91 Å². The number of carbonyl (C=O) groups excluding carboxylic acids is 1. The number of nitrogens with zero attached hydrogens (tertiary/aromatic N) is 3. The van der Waals surface area contributed by atoms with E-state index in [-0.39, 0.29) is 36.8 Å². The van der Waals surface area contributed by atoms with E-state index >= 15 is 0 Å². The molecule has 0 saturated heterocycles. The normalized spacial score (nSPS) is 22.5. The third-order valence-electron chi connectivity index (χ3n) is 3.86. The second-order valence-electron chi connectivity index (χ2n) is 5.38. The molecular weight excluding hydrogens is 276 g/mol. The summed E-state index contributed by atoms with van der Waals surface area (Å²) in [5.41, 5.74) is 0. The van der Waals surface area contributed by atoms with E-state index < -0.39 is 4.92 Å². The fraction of sp³-hybridized carbons (Fsp3) is 0.692. The first-order valence-corrected chi connectivity index (χ1v) is 7.18. The average Bonchev–Trinajstić information content (AvgIpc) is 2.79. The molecule has 8 heteroatoms. The molecule has 0 spiro atoms. The zero-order valence-electron chi connectivity index (χ0n) is 11.8. The molecular formula is C13H20N4O4. The Balaban J connectivity index is 1.91. The van der Waals surface area contributed by atoms with Gasteiger partial charge in [0.25, 0.3) is 0 Å². The van der Waals surface area contributed by atoms with Crippen molar-refractivity contribution in [2.24, 2.45) is 5.92 Å². The Labute approximate surface area is 122 Å². The van der Waals surface area contributed by atoms with Gasteiger partial charge >= 0.3 is 5.82 Å². The van der Waals surface area contributed by atoms with E-state index in [0.717, 1.165) is 32.1 Å². The van der Waals surface area contributed by atoms with Crippen LogP contribution >= 0.6 is 0 Å². The Bertz CT molecular complexity index is 502. The van der Waals surface area contributed by atoms with Crippen molar-refractivity contribution >= 4 is 11.7 Å². The summed E-state index contributed by atoms with van der Waals surface area (Å²) in [5, 5.41) is 26.6. The predicted octanol–water partition coefficient (Wildman–Crippen LogP) is 0.849. The predicted molar refractivity (Wildman–Crippen MR) is 74.5 cm³/mol. The minimum atomic E-state index is -0.596. The van der Waals surface area contributed by atoms with Gasteiger partial charge in [-0.1, -0.05) is 19.3 Å². The van der Waals surface area contributed by atoms with Crippen molar-refractivity contribution < 1.29 is 14.8 Å². The molecule has 8 nitrogen and oxygen atoms in total. The molecule has 1 fully saturated rings. The highest BCUT2D eigenvalue weighted by molar-refractivity contribution is 5.76. The van der Waals surface area contributed by atoms with Crippen molar-refractivity contribution in [2.45, 2.75) is 44.7 Å². The Morgan fingerprint density at radius 1 is 1.48 bits per heavy atom. The van der Waals surface area contributed by atoms with Gasteiger partial charge in [0.15, 0.2) is 0 Å². The van der Waals surface area contributed by atoms with E-state index in [0.29, 0.717) is 0 Å². The van der Waals surface area contributed by atoms with Crippen LogP contribution in [0.2, 0.25) is 0 Å². The fourth-order valence-electron chi connectivity index (χ4n) is 2.73. The van der Waals surface area contributed by atoms with Crippen LogP contribution in [0.15, 0.2) is 12.3 Å². The van der Waals surface area contributed by atoms with E-state index in [2.05, 4.69) is 10.4 Å². The third-order valence-corrected chi connectivity index (χ3v) is 3.86. The molecule has 1 aromatic heterocycles. The maximum atomic E-state index is 12.0. The van der Waals surface area contributed by atoms with Crippen LogP contribution in [0.3, 0.4) is 0 Å². The summed E-state index contributed by atoms with van der Waals surface area (Å²) in [6.07, 6.45) is 6.41. The average molecular weight is 296 g/mol. The molecule has 0 bridgehead atoms. The second kappa shape index (κ2) is 7.16. The van der Waals surface area contributed by atoms with Crippen molar-refractivity contribution in [2.75, 3.05) is 6.61 Å². The van der Waals surface area contributed by atoms with Crippen LogP contribution in [0.4, 0.5) is 5.82 Å². The van der Waals surface area contributed by atoms with Gasteiger partial charge in [0.05, 0.1) is 17.4 Å². The molecule has 2 rings (SSSR count). The monoisotopic (exact) mass is 296 g/mol. The first kappa shape index (κ1) is 15.4. The van der Waals surface area contributed by atoms with Crippen molar-refractivity contribution in [3.8, 4) is 0 Å². The van der Waals surface area contributed by atoms with Crippen molar-refractivity contribution in [3.63, 3.8) is 0 Å². The molecule has 1 aromatic rings. The van der Waals surface area contributed by atoms with Crippen LogP contribution in [0, 0.1) is 16.0 Å². The van der Waals surface area contributed by atoms with Gasteiger partial charge in [-0.3, -0.25) is 4.79 Å². The van der Waals surface area contributed by atoms with Crippen molar-refractivity contribution in [1.29, 1.82) is 0 Å². The Kier molecular flexibility index (Phi) is 5.26. The first-order valence-electron chi connectivity index (χ1n) is 7.18. The minimum Gasteiger partial charge on any atom is -0.396 e. The zero-order valence-corrected chi connectivity index (χ0v) is 11.8. The number of amides is 1. The maximum absolute atomic E-state index is 12.0. The van der Waals surface area contributed by atoms with Crippen molar-refractivity contribution in [1.82, 2.24) is 15.1 Å². The summed E-state index contributed by atoms with van der Waals surface area (Å²) in [7, 11) is 0. The molecule has 1 heterocycles. The molecule has 0 aromatic carbocycles. The topological polar surface area (TPSA) is 110 Å². The van der Waals surface area contributed by atoms with Gasteiger partial charge < -0.3 is 20.5 Å². The van der Waals surface area contributed by atoms with Gasteiger partial charge in [0.1, 0.15) is 6.54 Å². The molecule has 1 saturated carbocycles. The minimum absolute atomic E-state index is 0.0319.